The monoisotopic (exact) mass is 286 g/mol. The van der Waals surface area contributed by atoms with Crippen molar-refractivity contribution >= 4 is 23.9 Å². The lowest BCUT2D eigenvalue weighted by atomic mass is 9.64. The van der Waals surface area contributed by atoms with Crippen LogP contribution in [0.25, 0.3) is 0 Å². The van der Waals surface area contributed by atoms with E-state index in [0.29, 0.717) is 17.6 Å². The van der Waals surface area contributed by atoms with Gasteiger partial charge in [-0.3, -0.25) is 9.59 Å². The normalized spacial score (nSPS) is 51.1. The van der Waals surface area contributed by atoms with Gasteiger partial charge in [0.15, 0.2) is 0 Å². The lowest BCUT2D eigenvalue weighted by Crippen LogP contribution is -2.43. The Balaban J connectivity index is 1.96. The fraction of sp³-hybridized carbons (Fsp3) is 0.467. The number of carbonyl (C=O) groups is 4. The van der Waals surface area contributed by atoms with Crippen LogP contribution >= 0.6 is 0 Å². The molecule has 106 valence electrons. The van der Waals surface area contributed by atoms with Crippen molar-refractivity contribution in [2.24, 2.45) is 21.7 Å². The highest BCUT2D eigenvalue weighted by Crippen LogP contribution is 2.97. The fourth-order valence-corrected chi connectivity index (χ4v) is 5.93. The number of cyclic esters (lactones) is 4. The molecule has 2 aliphatic heterocycles. The Labute approximate surface area is 118 Å². The lowest BCUT2D eigenvalue weighted by Gasteiger charge is -2.38. The fourth-order valence-electron chi connectivity index (χ4n) is 5.93. The van der Waals surface area contributed by atoms with Crippen LogP contribution in [0.2, 0.25) is 0 Å². The summed E-state index contributed by atoms with van der Waals surface area (Å²) in [6.07, 6.45) is 3.55. The van der Waals surface area contributed by atoms with Gasteiger partial charge in [-0.15, -0.1) is 0 Å². The van der Waals surface area contributed by atoms with Crippen molar-refractivity contribution in [1.29, 1.82) is 0 Å². The first-order valence-electron chi connectivity index (χ1n) is 6.85. The highest BCUT2D eigenvalue weighted by molar-refractivity contribution is 6.21. The third kappa shape index (κ3) is 0.614. The Kier molecular flexibility index (Phi) is 1.35. The number of hydrogen-bond donors (Lipinski definition) is 0. The van der Waals surface area contributed by atoms with Gasteiger partial charge in [-0.2, -0.15) is 0 Å². The van der Waals surface area contributed by atoms with E-state index >= 15 is 0 Å². The zero-order chi connectivity index (χ0) is 15.0. The van der Waals surface area contributed by atoms with Crippen LogP contribution in [0.3, 0.4) is 0 Å². The molecular weight excluding hydrogens is 276 g/mol. The van der Waals surface area contributed by atoms with E-state index in [4.69, 9.17) is 9.47 Å². The quantitative estimate of drug-likeness (QED) is 0.513. The maximum Gasteiger partial charge on any atom is 0.342 e. The van der Waals surface area contributed by atoms with Crippen LogP contribution < -0.4 is 0 Å². The van der Waals surface area contributed by atoms with Gasteiger partial charge in [0.25, 0.3) is 0 Å². The van der Waals surface area contributed by atoms with Gasteiger partial charge < -0.3 is 9.47 Å². The topological polar surface area (TPSA) is 86.7 Å². The maximum atomic E-state index is 12.3. The van der Waals surface area contributed by atoms with Crippen LogP contribution in [0.1, 0.15) is 20.3 Å². The van der Waals surface area contributed by atoms with E-state index in [0.717, 1.165) is 0 Å². The lowest BCUT2D eigenvalue weighted by molar-refractivity contribution is -0.164. The highest BCUT2D eigenvalue weighted by atomic mass is 16.6. The first-order valence-corrected chi connectivity index (χ1v) is 6.85. The van der Waals surface area contributed by atoms with Gasteiger partial charge in [0.1, 0.15) is 10.8 Å². The minimum absolute atomic E-state index is 0.301. The van der Waals surface area contributed by atoms with Gasteiger partial charge in [-0.1, -0.05) is 26.0 Å². The van der Waals surface area contributed by atoms with Crippen molar-refractivity contribution in [2.45, 2.75) is 20.3 Å². The van der Waals surface area contributed by atoms with Crippen LogP contribution in [0.4, 0.5) is 0 Å². The largest absolute Gasteiger partial charge is 0.392 e. The molecule has 3 fully saturated rings. The molecule has 2 heterocycles. The van der Waals surface area contributed by atoms with Crippen LogP contribution in [-0.2, 0) is 28.7 Å². The molecule has 21 heavy (non-hydrogen) atoms. The summed E-state index contributed by atoms with van der Waals surface area (Å²) in [6.45, 7) is 3.63. The molecule has 0 N–H and O–H groups in total. The second-order valence-corrected chi connectivity index (χ2v) is 6.47. The average molecular weight is 286 g/mol. The number of carbonyl (C=O) groups excluding carboxylic acids is 4. The minimum atomic E-state index is -1.14. The summed E-state index contributed by atoms with van der Waals surface area (Å²) in [7, 11) is 0. The minimum Gasteiger partial charge on any atom is -0.392 e. The number of rotatable bonds is 1. The summed E-state index contributed by atoms with van der Waals surface area (Å²) in [5.74, 6) is -2.69. The SMILES string of the molecule is CCC12C3(C)C4=CC15C(=O)OC(=O)C52C=C3C(=O)OC4=O. The first kappa shape index (κ1) is 11.4. The summed E-state index contributed by atoms with van der Waals surface area (Å²) in [5, 5.41) is 0. The van der Waals surface area contributed by atoms with Gasteiger partial charge in [-0.05, 0) is 6.42 Å². The third-order valence-electron chi connectivity index (χ3n) is 6.54. The summed E-state index contributed by atoms with van der Waals surface area (Å²) in [4.78, 5) is 48.8. The van der Waals surface area contributed by atoms with E-state index in [-0.39, 0.29) is 0 Å². The molecular formula is C15H10O6. The Hall–Kier alpha value is -2.24. The molecule has 2 unspecified atom stereocenters. The summed E-state index contributed by atoms with van der Waals surface area (Å²) in [5.41, 5.74) is -3.40. The molecule has 3 aliphatic carbocycles. The second-order valence-electron chi connectivity index (χ2n) is 6.47. The van der Waals surface area contributed by atoms with Crippen LogP contribution in [-0.4, -0.2) is 23.9 Å². The van der Waals surface area contributed by atoms with Gasteiger partial charge in [0.2, 0.25) is 0 Å². The molecule has 6 nitrogen and oxygen atoms in total. The predicted molar refractivity (Wildman–Crippen MR) is 64.1 cm³/mol. The molecule has 1 saturated carbocycles. The molecule has 5 aliphatic rings. The van der Waals surface area contributed by atoms with Crippen molar-refractivity contribution in [3.8, 4) is 0 Å². The zero-order valence-corrected chi connectivity index (χ0v) is 11.3. The smallest absolute Gasteiger partial charge is 0.342 e. The van der Waals surface area contributed by atoms with Gasteiger partial charge in [0, 0.05) is 22.0 Å². The average Bonchev–Trinajstić information content (AvgIpc) is 2.57. The maximum absolute atomic E-state index is 12.3. The van der Waals surface area contributed by atoms with Crippen molar-refractivity contribution < 1.29 is 28.7 Å². The summed E-state index contributed by atoms with van der Waals surface area (Å²) >= 11 is 0. The summed E-state index contributed by atoms with van der Waals surface area (Å²) in [6, 6.07) is 0. The Morgan fingerprint density at radius 2 is 1.38 bits per heavy atom. The standard InChI is InChI=1S/C15H10O6/c1-3-15-12(2)6-4-13(15)10(18)21-11(19)14(13,15)5-7(12)9(17)20-8(6)16/h4-5H,3H2,1-2H3. The molecule has 0 aromatic carbocycles. The number of esters is 4. The molecule has 5 rings (SSSR count). The first-order chi connectivity index (χ1) is 9.85. The molecule has 2 spiro atoms. The number of hydrogen-bond acceptors (Lipinski definition) is 6. The Bertz CT molecular complexity index is 743. The van der Waals surface area contributed by atoms with E-state index in [2.05, 4.69) is 0 Å². The van der Waals surface area contributed by atoms with Gasteiger partial charge in [0.05, 0.1) is 0 Å². The predicted octanol–water partition coefficient (Wildman–Crippen LogP) is 0.422. The molecule has 0 bridgehead atoms. The third-order valence-corrected chi connectivity index (χ3v) is 6.54. The zero-order valence-electron chi connectivity index (χ0n) is 11.3. The van der Waals surface area contributed by atoms with E-state index < -0.39 is 45.5 Å². The van der Waals surface area contributed by atoms with Crippen molar-refractivity contribution in [2.75, 3.05) is 0 Å². The van der Waals surface area contributed by atoms with Crippen molar-refractivity contribution in [1.82, 2.24) is 0 Å². The molecule has 0 aromatic heterocycles. The van der Waals surface area contributed by atoms with Crippen molar-refractivity contribution in [3.05, 3.63) is 23.3 Å². The Morgan fingerprint density at radius 1 is 0.905 bits per heavy atom. The van der Waals surface area contributed by atoms with Crippen LogP contribution in [0.15, 0.2) is 23.3 Å². The van der Waals surface area contributed by atoms with E-state index in [9.17, 15) is 19.2 Å². The Morgan fingerprint density at radius 3 is 1.81 bits per heavy atom. The van der Waals surface area contributed by atoms with Crippen LogP contribution in [0.5, 0.6) is 0 Å². The second kappa shape index (κ2) is 2.49. The summed E-state index contributed by atoms with van der Waals surface area (Å²) < 4.78 is 9.58. The van der Waals surface area contributed by atoms with E-state index in [1.54, 1.807) is 6.92 Å². The molecule has 2 atom stereocenters. The van der Waals surface area contributed by atoms with Gasteiger partial charge in [-0.25, -0.2) is 9.59 Å². The molecule has 6 heteroatoms. The van der Waals surface area contributed by atoms with E-state index in [1.807, 2.05) is 6.92 Å². The van der Waals surface area contributed by atoms with Crippen LogP contribution in [0, 0.1) is 21.7 Å². The number of ether oxygens (including phenoxy) is 2. The van der Waals surface area contributed by atoms with Crippen molar-refractivity contribution in [3.63, 3.8) is 0 Å². The van der Waals surface area contributed by atoms with E-state index in [1.165, 1.54) is 12.2 Å². The molecule has 2 saturated heterocycles. The molecule has 0 amide bonds. The molecule has 0 aromatic rings. The molecule has 0 radical (unpaired) electrons. The van der Waals surface area contributed by atoms with Gasteiger partial charge >= 0.3 is 23.9 Å². The highest BCUT2D eigenvalue weighted by Gasteiger charge is 3.05.